The van der Waals surface area contributed by atoms with Gasteiger partial charge in [0.05, 0.1) is 5.69 Å². The van der Waals surface area contributed by atoms with Crippen molar-refractivity contribution in [1.29, 1.82) is 5.26 Å². The number of benzene rings is 1. The molecule has 5 rings (SSSR count). The lowest BCUT2D eigenvalue weighted by molar-refractivity contribution is 0.445. The topological polar surface area (TPSA) is 66.8 Å². The quantitative estimate of drug-likeness (QED) is 0.588. The molecular weight excluding hydrogens is 385 g/mol. The molecule has 0 atom stereocenters. The molecule has 2 aromatic heterocycles. The lowest BCUT2D eigenvalue weighted by Crippen LogP contribution is -2.30. The van der Waals surface area contributed by atoms with Gasteiger partial charge in [-0.2, -0.15) is 5.10 Å². The van der Waals surface area contributed by atoms with E-state index in [1.807, 2.05) is 42.4 Å². The van der Waals surface area contributed by atoms with E-state index < -0.39 is 0 Å². The zero-order valence-electron chi connectivity index (χ0n) is 18.7. The third-order valence-electron chi connectivity index (χ3n) is 6.52. The molecule has 3 aromatic rings. The van der Waals surface area contributed by atoms with Crippen molar-refractivity contribution in [3.05, 3.63) is 58.3 Å². The summed E-state index contributed by atoms with van der Waals surface area (Å²) in [6.45, 7) is 5.94. The minimum Gasteiger partial charge on any atom is -0.367 e. The molecule has 4 heterocycles. The van der Waals surface area contributed by atoms with E-state index in [4.69, 9.17) is 5.26 Å². The number of rotatable bonds is 2. The van der Waals surface area contributed by atoms with Crippen molar-refractivity contribution in [1.82, 2.24) is 14.3 Å². The number of nitrogens with zero attached hydrogens (tertiary/aromatic N) is 5. The van der Waals surface area contributed by atoms with E-state index in [2.05, 4.69) is 40.4 Å². The van der Waals surface area contributed by atoms with Gasteiger partial charge >= 0.3 is 0 Å². The van der Waals surface area contributed by atoms with Crippen LogP contribution in [0.15, 0.2) is 41.5 Å². The van der Waals surface area contributed by atoms with Crippen LogP contribution in [0.2, 0.25) is 12.6 Å². The number of anilines is 1. The maximum absolute atomic E-state index is 13.1. The largest absolute Gasteiger partial charge is 0.367 e. The Labute approximate surface area is 184 Å². The predicted molar refractivity (Wildman–Crippen MR) is 127 cm³/mol. The highest BCUT2D eigenvalue weighted by Crippen LogP contribution is 2.30. The number of hydrogen-bond donors (Lipinski definition) is 0. The second kappa shape index (κ2) is 9.01. The van der Waals surface area contributed by atoms with Crippen molar-refractivity contribution in [3.8, 4) is 5.97 Å². The van der Waals surface area contributed by atoms with Gasteiger partial charge in [0.2, 0.25) is 0 Å². The number of hydrogen-bond acceptors (Lipinski definition) is 4. The van der Waals surface area contributed by atoms with Gasteiger partial charge in [0, 0.05) is 67.6 Å². The van der Waals surface area contributed by atoms with Gasteiger partial charge in [-0.15, -0.1) is 0 Å². The third-order valence-corrected chi connectivity index (χ3v) is 6.52. The molecule has 1 aromatic carbocycles. The zero-order chi connectivity index (χ0) is 22.0. The Kier molecular flexibility index (Phi) is 6.17. The lowest BCUT2D eigenvalue weighted by Gasteiger charge is -2.29. The van der Waals surface area contributed by atoms with Gasteiger partial charge in [0.1, 0.15) is 0 Å². The van der Waals surface area contributed by atoms with Crippen LogP contribution in [0.4, 0.5) is 5.69 Å². The van der Waals surface area contributed by atoms with Gasteiger partial charge < -0.3 is 9.47 Å². The number of aryl methyl sites for hydroxylation is 1. The van der Waals surface area contributed by atoms with Gasteiger partial charge in [-0.05, 0) is 42.5 Å². The molecule has 0 unspecified atom stereocenters. The fraction of sp³-hybridized carbons (Fsp3) is 0.458. The maximum atomic E-state index is 13.1. The first kappa shape index (κ1) is 21.2. The highest BCUT2D eigenvalue weighted by Gasteiger charge is 2.26. The first-order chi connectivity index (χ1) is 15.1. The van der Waals surface area contributed by atoms with Crippen molar-refractivity contribution >= 4 is 23.2 Å². The monoisotopic (exact) mass is 415 g/mol. The summed E-state index contributed by atoms with van der Waals surface area (Å²) in [4.78, 5) is 15.5. The molecule has 0 N–H and O–H groups in total. The fourth-order valence-electron chi connectivity index (χ4n) is 4.89. The van der Waals surface area contributed by atoms with E-state index in [9.17, 15) is 4.79 Å². The number of aromatic nitrogens is 3. The van der Waals surface area contributed by atoms with Crippen LogP contribution in [0, 0.1) is 11.2 Å². The molecule has 7 heteroatoms. The van der Waals surface area contributed by atoms with Crippen LogP contribution < -0.4 is 10.5 Å². The summed E-state index contributed by atoms with van der Waals surface area (Å²) in [7, 11) is 1.97. The molecule has 2 aliphatic rings. The van der Waals surface area contributed by atoms with Crippen molar-refractivity contribution < 1.29 is 0 Å². The van der Waals surface area contributed by atoms with Crippen LogP contribution in [0.1, 0.15) is 44.0 Å². The van der Waals surface area contributed by atoms with E-state index in [1.54, 1.807) is 0 Å². The first-order valence-electron chi connectivity index (χ1n) is 11.4. The van der Waals surface area contributed by atoms with E-state index in [0.29, 0.717) is 0 Å². The van der Waals surface area contributed by atoms with Gasteiger partial charge in [0.25, 0.3) is 12.3 Å². The second-order valence-electron chi connectivity index (χ2n) is 8.38. The summed E-state index contributed by atoms with van der Waals surface area (Å²) in [6.07, 6.45) is 8.57. The van der Waals surface area contributed by atoms with E-state index in [-0.39, 0.29) is 18.3 Å². The van der Waals surface area contributed by atoms with Gasteiger partial charge in [-0.25, -0.2) is 5.26 Å². The predicted octanol–water partition coefficient (Wildman–Crippen LogP) is 4.22. The van der Waals surface area contributed by atoms with Crippen molar-refractivity contribution in [3.63, 3.8) is 0 Å². The molecular formula is C24H30BN5O. The molecule has 31 heavy (non-hydrogen) atoms. The second-order valence-corrected chi connectivity index (χ2v) is 8.38. The van der Waals surface area contributed by atoms with Crippen LogP contribution in [-0.2, 0) is 20.0 Å². The summed E-state index contributed by atoms with van der Waals surface area (Å²) in [5.74, 6) is 2.37. The number of pyridine rings is 1. The lowest BCUT2D eigenvalue weighted by atomic mass is 9.42. The Hall–Kier alpha value is -3.01. The van der Waals surface area contributed by atoms with Crippen LogP contribution >= 0.6 is 0 Å². The average molecular weight is 415 g/mol. The van der Waals surface area contributed by atoms with E-state index in [0.717, 1.165) is 61.5 Å². The minimum atomic E-state index is 0.0858. The molecule has 0 radical (unpaired) electrons. The molecule has 160 valence electrons. The molecule has 0 spiro atoms. The summed E-state index contributed by atoms with van der Waals surface area (Å²) in [6, 6.07) is 8.46. The van der Waals surface area contributed by atoms with Crippen molar-refractivity contribution in [2.45, 2.75) is 58.3 Å². The standard InChI is InChI=1S/C22H24BN5O.C2H6/c1-26-13-17-14-27(10-7-21(17)25-26)19-2-3-20-16(12-19)6-11-28(22(20)29)18-4-8-23(15-24)9-5-18;1-2/h2-3,6,11-13,18H,4-5,7-10,14H2,1H3;1-2H3. The molecule has 1 saturated heterocycles. The highest BCUT2D eigenvalue weighted by molar-refractivity contribution is 6.67. The molecule has 0 aliphatic carbocycles. The average Bonchev–Trinajstić information content (AvgIpc) is 3.20. The van der Waals surface area contributed by atoms with Crippen LogP contribution in [-0.4, -0.2) is 27.6 Å². The van der Waals surface area contributed by atoms with E-state index in [1.165, 1.54) is 11.3 Å². The smallest absolute Gasteiger partial charge is 0.268 e. The minimum absolute atomic E-state index is 0.0858. The first-order valence-corrected chi connectivity index (χ1v) is 11.4. The molecule has 0 bridgehead atoms. The van der Waals surface area contributed by atoms with Crippen molar-refractivity contribution in [2.75, 3.05) is 11.4 Å². The highest BCUT2D eigenvalue weighted by atomic mass is 16.1. The molecule has 1 fully saturated rings. The summed E-state index contributed by atoms with van der Waals surface area (Å²) < 4.78 is 3.78. The van der Waals surface area contributed by atoms with E-state index >= 15 is 0 Å². The van der Waals surface area contributed by atoms with Crippen molar-refractivity contribution in [2.24, 2.45) is 7.05 Å². The summed E-state index contributed by atoms with van der Waals surface area (Å²) in [5.41, 5.74) is 3.71. The molecule has 6 nitrogen and oxygen atoms in total. The van der Waals surface area contributed by atoms with Gasteiger partial charge in [-0.3, -0.25) is 9.48 Å². The zero-order valence-corrected chi connectivity index (χ0v) is 18.7. The number of fused-ring (bicyclic) bond motifs is 2. The fourth-order valence-corrected chi connectivity index (χ4v) is 4.89. The maximum Gasteiger partial charge on any atom is 0.268 e. The Morgan fingerprint density at radius 3 is 2.71 bits per heavy atom. The Morgan fingerprint density at radius 2 is 1.97 bits per heavy atom. The normalized spacial score (nSPS) is 16.5. The Morgan fingerprint density at radius 1 is 1.19 bits per heavy atom. The van der Waals surface area contributed by atoms with Crippen LogP contribution in [0.3, 0.4) is 0 Å². The molecule has 2 aliphatic heterocycles. The Balaban J connectivity index is 0.00000112. The third kappa shape index (κ3) is 4.12. The number of nitriles is 1. The Bertz CT molecular complexity index is 1170. The van der Waals surface area contributed by atoms with Gasteiger partial charge in [0.15, 0.2) is 0 Å². The van der Waals surface area contributed by atoms with Crippen LogP contribution in [0.5, 0.6) is 0 Å². The molecule has 0 amide bonds. The summed E-state index contributed by atoms with van der Waals surface area (Å²) in [5, 5.41) is 15.4. The van der Waals surface area contributed by atoms with Gasteiger partial charge in [-0.1, -0.05) is 26.5 Å². The molecule has 0 saturated carbocycles. The summed E-state index contributed by atoms with van der Waals surface area (Å²) >= 11 is 0. The SMILES string of the molecule is CC.Cn1cc2c(n1)CCN(c1ccc3c(=O)n(C4CCB(C#N)CC4)ccc3c1)C2. The van der Waals surface area contributed by atoms with Crippen LogP contribution in [0.25, 0.3) is 10.8 Å².